The van der Waals surface area contributed by atoms with E-state index in [1.54, 1.807) is 18.7 Å². The number of hydrogen-bond acceptors (Lipinski definition) is 3. The Bertz CT molecular complexity index is 235. The van der Waals surface area contributed by atoms with Gasteiger partial charge in [-0.3, -0.25) is 4.79 Å². The summed E-state index contributed by atoms with van der Waals surface area (Å²) < 4.78 is 0. The van der Waals surface area contributed by atoms with E-state index in [1.165, 1.54) is 0 Å². The van der Waals surface area contributed by atoms with Crippen LogP contribution in [0.4, 0.5) is 0 Å². The number of rotatable bonds is 1. The molecule has 1 fully saturated rings. The van der Waals surface area contributed by atoms with E-state index in [0.717, 1.165) is 26.1 Å². The lowest BCUT2D eigenvalue weighted by atomic mass is 10.1. The smallest absolute Gasteiger partial charge is 0.254 e. The summed E-state index contributed by atoms with van der Waals surface area (Å²) in [5.74, 6) is -0.162. The normalized spacial score (nSPS) is 25.1. The Morgan fingerprint density at radius 2 is 2.00 bits per heavy atom. The summed E-state index contributed by atoms with van der Waals surface area (Å²) in [6.07, 6.45) is 0.975. The van der Waals surface area contributed by atoms with Gasteiger partial charge in [0, 0.05) is 19.1 Å². The van der Waals surface area contributed by atoms with Crippen molar-refractivity contribution in [3.8, 4) is 0 Å². The van der Waals surface area contributed by atoms with Crippen molar-refractivity contribution in [1.82, 2.24) is 9.80 Å². The Morgan fingerprint density at radius 3 is 2.53 bits per heavy atom. The minimum absolute atomic E-state index is 0.162. The van der Waals surface area contributed by atoms with Gasteiger partial charge in [-0.05, 0) is 40.8 Å². The van der Waals surface area contributed by atoms with Crippen molar-refractivity contribution in [3.05, 3.63) is 0 Å². The molecule has 1 amide bonds. The summed E-state index contributed by atoms with van der Waals surface area (Å²) in [6, 6.07) is 0.177. The second kappa shape index (κ2) is 4.49. The van der Waals surface area contributed by atoms with Gasteiger partial charge in [0.1, 0.15) is 5.60 Å². The van der Waals surface area contributed by atoms with Crippen LogP contribution in [0.1, 0.15) is 27.2 Å². The fraction of sp³-hybridized carbons (Fsp3) is 0.909. The van der Waals surface area contributed by atoms with Crippen molar-refractivity contribution in [2.24, 2.45) is 0 Å². The average Bonchev–Trinajstić information content (AvgIpc) is 2.23. The zero-order chi connectivity index (χ0) is 11.6. The van der Waals surface area contributed by atoms with Gasteiger partial charge in [0.25, 0.3) is 5.91 Å². The molecule has 1 rings (SSSR count). The minimum atomic E-state index is -1.25. The molecule has 1 unspecified atom stereocenters. The van der Waals surface area contributed by atoms with Crippen molar-refractivity contribution in [2.45, 2.75) is 38.8 Å². The van der Waals surface area contributed by atoms with Gasteiger partial charge in [-0.15, -0.1) is 0 Å². The molecule has 88 valence electrons. The molecule has 1 heterocycles. The van der Waals surface area contributed by atoms with E-state index < -0.39 is 5.60 Å². The van der Waals surface area contributed by atoms with Crippen LogP contribution in [-0.2, 0) is 4.79 Å². The second-order valence-corrected chi connectivity index (χ2v) is 5.02. The van der Waals surface area contributed by atoms with E-state index in [-0.39, 0.29) is 11.9 Å². The quantitative estimate of drug-likeness (QED) is 0.683. The molecule has 0 aromatic rings. The number of hydrogen-bond donors (Lipinski definition) is 1. The predicted octanol–water partition coefficient (Wildman–Crippen LogP) is 0.310. The first-order valence-corrected chi connectivity index (χ1v) is 5.54. The fourth-order valence-corrected chi connectivity index (χ4v) is 2.03. The zero-order valence-corrected chi connectivity index (χ0v) is 10.2. The monoisotopic (exact) mass is 214 g/mol. The SMILES string of the molecule is CC1CN(C)CCCN1C(=O)C(C)(C)O. The molecular formula is C11H22N2O2. The van der Waals surface area contributed by atoms with Crippen LogP contribution in [0.5, 0.6) is 0 Å². The van der Waals surface area contributed by atoms with E-state index in [0.29, 0.717) is 0 Å². The molecule has 0 aliphatic carbocycles. The van der Waals surface area contributed by atoms with Crippen molar-refractivity contribution in [2.75, 3.05) is 26.7 Å². The van der Waals surface area contributed by atoms with Gasteiger partial charge in [0.15, 0.2) is 0 Å². The molecule has 0 saturated carbocycles. The third-order valence-electron chi connectivity index (χ3n) is 2.83. The van der Waals surface area contributed by atoms with Gasteiger partial charge in [0.2, 0.25) is 0 Å². The highest BCUT2D eigenvalue weighted by Crippen LogP contribution is 2.14. The van der Waals surface area contributed by atoms with Gasteiger partial charge in [0.05, 0.1) is 0 Å². The van der Waals surface area contributed by atoms with Crippen LogP contribution in [0.3, 0.4) is 0 Å². The predicted molar refractivity (Wildman–Crippen MR) is 59.6 cm³/mol. The second-order valence-electron chi connectivity index (χ2n) is 5.02. The lowest BCUT2D eigenvalue weighted by molar-refractivity contribution is -0.149. The molecule has 0 radical (unpaired) electrons. The van der Waals surface area contributed by atoms with E-state index >= 15 is 0 Å². The van der Waals surface area contributed by atoms with Crippen LogP contribution >= 0.6 is 0 Å². The van der Waals surface area contributed by atoms with E-state index in [9.17, 15) is 9.90 Å². The maximum absolute atomic E-state index is 11.9. The molecule has 15 heavy (non-hydrogen) atoms. The molecule has 0 spiro atoms. The molecule has 1 saturated heterocycles. The Hall–Kier alpha value is -0.610. The molecular weight excluding hydrogens is 192 g/mol. The Labute approximate surface area is 91.9 Å². The van der Waals surface area contributed by atoms with Gasteiger partial charge in [-0.2, -0.15) is 0 Å². The maximum atomic E-state index is 11.9. The van der Waals surface area contributed by atoms with Crippen LogP contribution in [0.15, 0.2) is 0 Å². The topological polar surface area (TPSA) is 43.8 Å². The number of likely N-dealkylation sites (N-methyl/N-ethyl adjacent to an activating group) is 1. The van der Waals surface area contributed by atoms with Gasteiger partial charge in [-0.1, -0.05) is 0 Å². The number of carbonyl (C=O) groups is 1. The zero-order valence-electron chi connectivity index (χ0n) is 10.2. The maximum Gasteiger partial charge on any atom is 0.254 e. The molecule has 0 aromatic carbocycles. The molecule has 0 aromatic heterocycles. The summed E-state index contributed by atoms with van der Waals surface area (Å²) in [5.41, 5.74) is -1.25. The van der Waals surface area contributed by atoms with E-state index in [4.69, 9.17) is 0 Å². The van der Waals surface area contributed by atoms with Crippen LogP contribution in [0.2, 0.25) is 0 Å². The van der Waals surface area contributed by atoms with Crippen molar-refractivity contribution in [1.29, 1.82) is 0 Å². The van der Waals surface area contributed by atoms with Crippen molar-refractivity contribution < 1.29 is 9.90 Å². The third-order valence-corrected chi connectivity index (χ3v) is 2.83. The van der Waals surface area contributed by atoms with Crippen LogP contribution in [0.25, 0.3) is 0 Å². The van der Waals surface area contributed by atoms with Crippen molar-refractivity contribution in [3.63, 3.8) is 0 Å². The Morgan fingerprint density at radius 1 is 1.40 bits per heavy atom. The molecule has 4 heteroatoms. The summed E-state index contributed by atoms with van der Waals surface area (Å²) in [6.45, 7) is 7.77. The first-order chi connectivity index (χ1) is 6.82. The molecule has 1 N–H and O–H groups in total. The molecule has 0 bridgehead atoms. The summed E-state index contributed by atoms with van der Waals surface area (Å²) in [4.78, 5) is 16.0. The van der Waals surface area contributed by atoms with E-state index in [1.807, 2.05) is 6.92 Å². The van der Waals surface area contributed by atoms with Gasteiger partial charge in [-0.25, -0.2) is 0 Å². The highest BCUT2D eigenvalue weighted by molar-refractivity contribution is 5.84. The third kappa shape index (κ3) is 3.18. The molecule has 1 atom stereocenters. The fourth-order valence-electron chi connectivity index (χ4n) is 2.03. The van der Waals surface area contributed by atoms with Crippen molar-refractivity contribution >= 4 is 5.91 Å². The average molecular weight is 214 g/mol. The first kappa shape index (κ1) is 12.5. The van der Waals surface area contributed by atoms with Crippen LogP contribution in [0, 0.1) is 0 Å². The first-order valence-electron chi connectivity index (χ1n) is 5.54. The number of carbonyl (C=O) groups excluding carboxylic acids is 1. The lowest BCUT2D eigenvalue weighted by Crippen LogP contribution is -2.50. The Kier molecular flexibility index (Phi) is 3.73. The molecule has 1 aliphatic heterocycles. The Balaban J connectivity index is 2.72. The summed E-state index contributed by atoms with van der Waals surface area (Å²) in [5, 5.41) is 9.71. The largest absolute Gasteiger partial charge is 0.381 e. The minimum Gasteiger partial charge on any atom is -0.381 e. The standard InChI is InChI=1S/C11H22N2O2/c1-9-8-12(4)6-5-7-13(9)10(14)11(2,3)15/h9,15H,5-8H2,1-4H3. The number of aliphatic hydroxyl groups is 1. The number of amides is 1. The summed E-state index contributed by atoms with van der Waals surface area (Å²) in [7, 11) is 2.06. The van der Waals surface area contributed by atoms with Gasteiger partial charge >= 0.3 is 0 Å². The van der Waals surface area contributed by atoms with Gasteiger partial charge < -0.3 is 14.9 Å². The van der Waals surface area contributed by atoms with E-state index in [2.05, 4.69) is 11.9 Å². The highest BCUT2D eigenvalue weighted by Gasteiger charge is 2.33. The highest BCUT2D eigenvalue weighted by atomic mass is 16.3. The van der Waals surface area contributed by atoms with Crippen LogP contribution < -0.4 is 0 Å². The lowest BCUT2D eigenvalue weighted by Gasteiger charge is -2.32. The number of nitrogens with zero attached hydrogens (tertiary/aromatic N) is 2. The molecule has 1 aliphatic rings. The van der Waals surface area contributed by atoms with Crippen LogP contribution in [-0.4, -0.2) is 59.1 Å². The molecule has 4 nitrogen and oxygen atoms in total. The summed E-state index contributed by atoms with van der Waals surface area (Å²) >= 11 is 0.